The summed E-state index contributed by atoms with van der Waals surface area (Å²) in [4.78, 5) is 19.5. The molecule has 0 radical (unpaired) electrons. The van der Waals surface area contributed by atoms with Crippen LogP contribution in [0.5, 0.6) is 0 Å². The minimum Gasteiger partial charge on any atom is -0.444 e. The third-order valence-electron chi connectivity index (χ3n) is 3.31. The second-order valence-corrected chi connectivity index (χ2v) is 5.73. The molecule has 3 heterocycles. The van der Waals surface area contributed by atoms with Crippen LogP contribution in [0.25, 0.3) is 10.8 Å². The van der Waals surface area contributed by atoms with Gasteiger partial charge in [0.05, 0.1) is 17.0 Å². The van der Waals surface area contributed by atoms with Crippen molar-refractivity contribution in [3.63, 3.8) is 0 Å². The normalized spacial score (nSPS) is 16.1. The first-order valence-corrected chi connectivity index (χ1v) is 7.67. The fourth-order valence-electron chi connectivity index (χ4n) is 2.26. The summed E-state index contributed by atoms with van der Waals surface area (Å²) in [5, 5.41) is 5.27. The largest absolute Gasteiger partial charge is 0.444 e. The molecule has 0 saturated carbocycles. The number of carbonyl (C=O) groups is 1. The van der Waals surface area contributed by atoms with E-state index in [-0.39, 0.29) is 5.91 Å². The number of nitrogens with one attached hydrogen (secondary N) is 1. The summed E-state index contributed by atoms with van der Waals surface area (Å²) in [5.74, 6) is 0.722. The van der Waals surface area contributed by atoms with Gasteiger partial charge in [-0.05, 0) is 24.4 Å². The van der Waals surface area contributed by atoms with Crippen LogP contribution in [0, 0.1) is 0 Å². The van der Waals surface area contributed by atoms with Crippen molar-refractivity contribution in [1.29, 1.82) is 0 Å². The molecule has 106 valence electrons. The lowest BCUT2D eigenvalue weighted by atomic mass is 10.3. The number of thiophene rings is 1. The summed E-state index contributed by atoms with van der Waals surface area (Å²) >= 11 is 1.58. The van der Waals surface area contributed by atoms with Crippen LogP contribution in [0.2, 0.25) is 0 Å². The van der Waals surface area contributed by atoms with E-state index in [1.165, 1.54) is 0 Å². The van der Waals surface area contributed by atoms with Gasteiger partial charge < -0.3 is 14.6 Å². The third kappa shape index (κ3) is 3.08. The van der Waals surface area contributed by atoms with Gasteiger partial charge in [0, 0.05) is 19.6 Å². The summed E-state index contributed by atoms with van der Waals surface area (Å²) in [6, 6.07) is 3.92. The Morgan fingerprint density at radius 1 is 1.45 bits per heavy atom. The Kier molecular flexibility index (Phi) is 4.13. The molecule has 6 heteroatoms. The first kappa shape index (κ1) is 13.3. The van der Waals surface area contributed by atoms with Gasteiger partial charge in [0.1, 0.15) is 6.26 Å². The molecule has 1 saturated heterocycles. The van der Waals surface area contributed by atoms with Crippen LogP contribution in [0.3, 0.4) is 0 Å². The molecule has 0 unspecified atom stereocenters. The number of amides is 1. The van der Waals surface area contributed by atoms with Crippen molar-refractivity contribution in [3.8, 4) is 10.8 Å². The zero-order valence-corrected chi connectivity index (χ0v) is 12.0. The Bertz CT molecular complexity index is 557. The SMILES string of the molecule is O=C(Cc1coc(-c2cccs2)n1)N1CCCNCC1. The monoisotopic (exact) mass is 291 g/mol. The Morgan fingerprint density at radius 2 is 2.40 bits per heavy atom. The van der Waals surface area contributed by atoms with E-state index in [0.717, 1.165) is 37.5 Å². The zero-order chi connectivity index (χ0) is 13.8. The van der Waals surface area contributed by atoms with Crippen LogP contribution in [-0.4, -0.2) is 42.0 Å². The van der Waals surface area contributed by atoms with Gasteiger partial charge in [-0.3, -0.25) is 4.79 Å². The number of aromatic nitrogens is 1. The first-order valence-electron chi connectivity index (χ1n) is 6.80. The van der Waals surface area contributed by atoms with Gasteiger partial charge in [-0.25, -0.2) is 4.98 Å². The predicted octanol–water partition coefficient (Wildman–Crippen LogP) is 1.77. The Labute approximate surface area is 121 Å². The van der Waals surface area contributed by atoms with Crippen molar-refractivity contribution in [2.24, 2.45) is 0 Å². The van der Waals surface area contributed by atoms with Crippen molar-refractivity contribution in [1.82, 2.24) is 15.2 Å². The van der Waals surface area contributed by atoms with Crippen molar-refractivity contribution in [2.45, 2.75) is 12.8 Å². The molecule has 0 aromatic carbocycles. The predicted molar refractivity (Wildman–Crippen MR) is 77.6 cm³/mol. The van der Waals surface area contributed by atoms with Crippen LogP contribution < -0.4 is 5.32 Å². The third-order valence-corrected chi connectivity index (χ3v) is 4.17. The van der Waals surface area contributed by atoms with Crippen LogP contribution in [0.4, 0.5) is 0 Å². The summed E-state index contributed by atoms with van der Waals surface area (Å²) in [5.41, 5.74) is 0.704. The fourth-order valence-corrected chi connectivity index (χ4v) is 2.92. The second kappa shape index (κ2) is 6.19. The molecule has 3 rings (SSSR count). The molecule has 0 bridgehead atoms. The molecule has 2 aromatic heterocycles. The molecule has 1 fully saturated rings. The van der Waals surface area contributed by atoms with Crippen LogP contribution in [0.1, 0.15) is 12.1 Å². The topological polar surface area (TPSA) is 58.4 Å². The van der Waals surface area contributed by atoms with Crippen molar-refractivity contribution >= 4 is 17.2 Å². The van der Waals surface area contributed by atoms with E-state index < -0.39 is 0 Å². The van der Waals surface area contributed by atoms with Crippen molar-refractivity contribution < 1.29 is 9.21 Å². The van der Waals surface area contributed by atoms with Crippen LogP contribution >= 0.6 is 11.3 Å². The van der Waals surface area contributed by atoms with Gasteiger partial charge in [-0.2, -0.15) is 0 Å². The number of hydrogen-bond acceptors (Lipinski definition) is 5. The van der Waals surface area contributed by atoms with Crippen molar-refractivity contribution in [2.75, 3.05) is 26.2 Å². The summed E-state index contributed by atoms with van der Waals surface area (Å²) in [7, 11) is 0. The molecule has 0 atom stereocenters. The number of oxazole rings is 1. The number of rotatable bonds is 3. The van der Waals surface area contributed by atoms with Gasteiger partial charge in [0.2, 0.25) is 11.8 Å². The van der Waals surface area contributed by atoms with Gasteiger partial charge in [-0.15, -0.1) is 11.3 Å². The van der Waals surface area contributed by atoms with E-state index in [2.05, 4.69) is 10.3 Å². The lowest BCUT2D eigenvalue weighted by Gasteiger charge is -2.19. The lowest BCUT2D eigenvalue weighted by Crippen LogP contribution is -2.35. The maximum atomic E-state index is 12.2. The quantitative estimate of drug-likeness (QED) is 0.936. The molecule has 5 nitrogen and oxygen atoms in total. The van der Waals surface area contributed by atoms with Gasteiger partial charge in [0.25, 0.3) is 0 Å². The molecule has 20 heavy (non-hydrogen) atoms. The highest BCUT2D eigenvalue weighted by Crippen LogP contribution is 2.23. The smallest absolute Gasteiger partial charge is 0.236 e. The summed E-state index contributed by atoms with van der Waals surface area (Å²) in [6.45, 7) is 3.44. The Morgan fingerprint density at radius 3 is 3.25 bits per heavy atom. The molecule has 2 aromatic rings. The molecule has 0 spiro atoms. The van der Waals surface area contributed by atoms with E-state index in [9.17, 15) is 4.79 Å². The number of nitrogens with zero attached hydrogens (tertiary/aromatic N) is 2. The average Bonchev–Trinajstić information content (AvgIpc) is 3.05. The zero-order valence-electron chi connectivity index (χ0n) is 11.2. The first-order chi connectivity index (χ1) is 9.83. The number of hydrogen-bond donors (Lipinski definition) is 1. The van der Waals surface area contributed by atoms with Gasteiger partial charge >= 0.3 is 0 Å². The lowest BCUT2D eigenvalue weighted by molar-refractivity contribution is -0.130. The fraction of sp³-hybridized carbons (Fsp3) is 0.429. The Hall–Kier alpha value is -1.66. The minimum atomic E-state index is 0.125. The highest BCUT2D eigenvalue weighted by atomic mass is 32.1. The number of carbonyl (C=O) groups excluding carboxylic acids is 1. The maximum absolute atomic E-state index is 12.2. The van der Waals surface area contributed by atoms with Gasteiger partial charge in [0.15, 0.2) is 0 Å². The average molecular weight is 291 g/mol. The van der Waals surface area contributed by atoms with Crippen LogP contribution in [0.15, 0.2) is 28.2 Å². The van der Waals surface area contributed by atoms with E-state index in [0.29, 0.717) is 18.0 Å². The highest BCUT2D eigenvalue weighted by molar-refractivity contribution is 7.13. The minimum absolute atomic E-state index is 0.125. The Balaban J connectivity index is 1.64. The summed E-state index contributed by atoms with van der Waals surface area (Å²) < 4.78 is 5.44. The molecule has 1 N–H and O–H groups in total. The summed E-state index contributed by atoms with van der Waals surface area (Å²) in [6.07, 6.45) is 2.91. The highest BCUT2D eigenvalue weighted by Gasteiger charge is 2.17. The molecular formula is C14H17N3O2S. The molecule has 1 amide bonds. The van der Waals surface area contributed by atoms with E-state index in [1.807, 2.05) is 22.4 Å². The molecule has 0 aliphatic carbocycles. The standard InChI is InChI=1S/C14H17N3O2S/c18-13(17-6-2-4-15-5-7-17)9-11-10-19-14(16-11)12-3-1-8-20-12/h1,3,8,10,15H,2,4-7,9H2. The van der Waals surface area contributed by atoms with Gasteiger partial charge in [-0.1, -0.05) is 6.07 Å². The van der Waals surface area contributed by atoms with E-state index in [4.69, 9.17) is 4.42 Å². The molecule has 1 aliphatic rings. The van der Waals surface area contributed by atoms with Crippen molar-refractivity contribution in [3.05, 3.63) is 29.5 Å². The maximum Gasteiger partial charge on any atom is 0.236 e. The molecule has 1 aliphatic heterocycles. The van der Waals surface area contributed by atoms with E-state index in [1.54, 1.807) is 17.6 Å². The van der Waals surface area contributed by atoms with E-state index >= 15 is 0 Å². The second-order valence-electron chi connectivity index (χ2n) is 4.78. The van der Waals surface area contributed by atoms with Crippen LogP contribution in [-0.2, 0) is 11.2 Å². The molecular weight excluding hydrogens is 274 g/mol.